The van der Waals surface area contributed by atoms with Gasteiger partial charge in [-0.05, 0) is 61.9 Å². The first kappa shape index (κ1) is 23.0. The molecule has 0 aromatic heterocycles. The molecule has 0 saturated heterocycles. The van der Waals surface area contributed by atoms with Crippen LogP contribution in [0.1, 0.15) is 34.3 Å². The number of carboxylic acid groups (broad SMARTS) is 1. The molecule has 0 amide bonds. The Labute approximate surface area is 179 Å². The van der Waals surface area contributed by atoms with Crippen molar-refractivity contribution in [1.82, 2.24) is 4.72 Å². The van der Waals surface area contributed by atoms with Crippen molar-refractivity contribution in [2.45, 2.75) is 37.7 Å². The maximum atomic E-state index is 12.8. The fraction of sp³-hybridized carbons (Fsp3) is 0.381. The number of alkyl halides is 2. The molecule has 0 spiro atoms. The molecule has 0 atom stereocenters. The van der Waals surface area contributed by atoms with E-state index in [-0.39, 0.29) is 47.1 Å². The Kier molecular flexibility index (Phi) is 7.11. The first-order chi connectivity index (χ1) is 14.7. The lowest BCUT2D eigenvalue weighted by Crippen LogP contribution is -2.26. The van der Waals surface area contributed by atoms with E-state index in [9.17, 15) is 27.1 Å². The Balaban J connectivity index is 1.78. The van der Waals surface area contributed by atoms with Crippen molar-refractivity contribution < 1.29 is 36.6 Å². The summed E-state index contributed by atoms with van der Waals surface area (Å²) in [5.74, 6) is -1.31. The minimum absolute atomic E-state index is 0.0464. The molecule has 1 aliphatic rings. The monoisotopic (exact) mass is 455 g/mol. The number of hydrogen-bond acceptors (Lipinski definition) is 5. The molecular formula is C21H23F2NO6S. The Morgan fingerprint density at radius 2 is 1.87 bits per heavy atom. The number of sulfonamides is 1. The van der Waals surface area contributed by atoms with Gasteiger partial charge in [0.2, 0.25) is 10.0 Å². The van der Waals surface area contributed by atoms with Crippen molar-refractivity contribution in [3.8, 4) is 11.5 Å². The van der Waals surface area contributed by atoms with Gasteiger partial charge in [-0.15, -0.1) is 0 Å². The number of rotatable bonds is 11. The van der Waals surface area contributed by atoms with Gasteiger partial charge in [0.25, 0.3) is 0 Å². The first-order valence-electron chi connectivity index (χ1n) is 9.70. The van der Waals surface area contributed by atoms with Gasteiger partial charge in [0, 0.05) is 6.54 Å². The van der Waals surface area contributed by atoms with Crippen LogP contribution in [0, 0.1) is 12.8 Å². The van der Waals surface area contributed by atoms with Crippen LogP contribution in [0.2, 0.25) is 0 Å². The first-order valence-corrected chi connectivity index (χ1v) is 11.2. The lowest BCUT2D eigenvalue weighted by Gasteiger charge is -2.16. The van der Waals surface area contributed by atoms with Crippen LogP contribution in [0.5, 0.6) is 11.5 Å². The van der Waals surface area contributed by atoms with E-state index < -0.39 is 22.6 Å². The molecule has 0 heterocycles. The standard InChI is InChI=1S/C21H23F2NO6S/c1-13-2-6-16(7-3-13)31(27,28)24-9-8-15-10-19(30-21(22)23)18(11-17(15)20(25)26)29-12-14-4-5-14/h2-3,6-7,10-11,14,21,24H,4-5,8-9,12H2,1H3,(H,25,26). The third kappa shape index (κ3) is 6.38. The number of carboxylic acids is 1. The van der Waals surface area contributed by atoms with E-state index in [4.69, 9.17) is 4.74 Å². The van der Waals surface area contributed by atoms with Crippen molar-refractivity contribution >= 4 is 16.0 Å². The van der Waals surface area contributed by atoms with Crippen molar-refractivity contribution in [3.05, 3.63) is 53.1 Å². The number of carbonyl (C=O) groups is 1. The number of ether oxygens (including phenoxy) is 2. The van der Waals surface area contributed by atoms with Crippen LogP contribution >= 0.6 is 0 Å². The van der Waals surface area contributed by atoms with Gasteiger partial charge >= 0.3 is 12.6 Å². The lowest BCUT2D eigenvalue weighted by molar-refractivity contribution is -0.0515. The fourth-order valence-corrected chi connectivity index (χ4v) is 3.95. The summed E-state index contributed by atoms with van der Waals surface area (Å²) in [4.78, 5) is 11.8. The molecule has 0 unspecified atom stereocenters. The summed E-state index contributed by atoms with van der Waals surface area (Å²) < 4.78 is 62.9. The zero-order valence-corrected chi connectivity index (χ0v) is 17.6. The van der Waals surface area contributed by atoms with Crippen LogP contribution < -0.4 is 14.2 Å². The molecule has 2 aromatic carbocycles. The summed E-state index contributed by atoms with van der Waals surface area (Å²) >= 11 is 0. The van der Waals surface area contributed by atoms with Crippen LogP contribution in [0.25, 0.3) is 0 Å². The predicted octanol–water partition coefficient (Wildman–Crippen LogP) is 3.60. The van der Waals surface area contributed by atoms with Crippen LogP contribution in [-0.4, -0.2) is 39.3 Å². The molecule has 0 bridgehead atoms. The number of aromatic carboxylic acids is 1. The second-order valence-corrected chi connectivity index (χ2v) is 9.12. The molecule has 0 aliphatic heterocycles. The molecule has 1 saturated carbocycles. The summed E-state index contributed by atoms with van der Waals surface area (Å²) in [6.07, 6.45) is 1.89. The number of halogens is 2. The molecule has 10 heteroatoms. The molecule has 1 fully saturated rings. The van der Waals surface area contributed by atoms with Gasteiger partial charge in [0.15, 0.2) is 11.5 Å². The van der Waals surface area contributed by atoms with Gasteiger partial charge < -0.3 is 14.6 Å². The minimum Gasteiger partial charge on any atom is -0.489 e. The predicted molar refractivity (Wildman–Crippen MR) is 108 cm³/mol. The summed E-state index contributed by atoms with van der Waals surface area (Å²) in [6, 6.07) is 8.54. The number of benzene rings is 2. The van der Waals surface area contributed by atoms with E-state index in [1.54, 1.807) is 12.1 Å². The molecule has 0 radical (unpaired) electrons. The summed E-state index contributed by atoms with van der Waals surface area (Å²) in [5, 5.41) is 9.53. The Morgan fingerprint density at radius 3 is 2.45 bits per heavy atom. The van der Waals surface area contributed by atoms with Gasteiger partial charge in [-0.25, -0.2) is 17.9 Å². The molecule has 2 N–H and O–H groups in total. The van der Waals surface area contributed by atoms with Crippen LogP contribution in [0.4, 0.5) is 8.78 Å². The van der Waals surface area contributed by atoms with E-state index in [2.05, 4.69) is 9.46 Å². The topological polar surface area (TPSA) is 102 Å². The normalized spacial score (nSPS) is 13.9. The third-order valence-corrected chi connectivity index (χ3v) is 6.28. The van der Waals surface area contributed by atoms with E-state index in [1.165, 1.54) is 12.1 Å². The molecular weight excluding hydrogens is 432 g/mol. The maximum Gasteiger partial charge on any atom is 0.387 e. The highest BCUT2D eigenvalue weighted by atomic mass is 32.2. The van der Waals surface area contributed by atoms with E-state index in [1.807, 2.05) is 6.92 Å². The van der Waals surface area contributed by atoms with Gasteiger partial charge in [-0.3, -0.25) is 0 Å². The lowest BCUT2D eigenvalue weighted by atomic mass is 10.0. The van der Waals surface area contributed by atoms with Gasteiger partial charge in [0.05, 0.1) is 17.1 Å². The summed E-state index contributed by atoms with van der Waals surface area (Å²) in [7, 11) is -3.80. The summed E-state index contributed by atoms with van der Waals surface area (Å²) in [5.41, 5.74) is 0.885. The molecule has 3 rings (SSSR count). The van der Waals surface area contributed by atoms with E-state index in [0.717, 1.165) is 30.5 Å². The Hall–Kier alpha value is -2.72. The van der Waals surface area contributed by atoms with Crippen LogP contribution in [-0.2, 0) is 16.4 Å². The molecule has 2 aromatic rings. The van der Waals surface area contributed by atoms with E-state index in [0.29, 0.717) is 5.92 Å². The number of nitrogens with one attached hydrogen (secondary N) is 1. The highest BCUT2D eigenvalue weighted by Crippen LogP contribution is 2.35. The zero-order chi connectivity index (χ0) is 22.6. The average molecular weight is 455 g/mol. The SMILES string of the molecule is Cc1ccc(S(=O)(=O)NCCc2cc(OC(F)F)c(OCC3CC3)cc2C(=O)O)cc1. The van der Waals surface area contributed by atoms with Crippen molar-refractivity contribution in [3.63, 3.8) is 0 Å². The van der Waals surface area contributed by atoms with Crippen LogP contribution in [0.3, 0.4) is 0 Å². The molecule has 168 valence electrons. The van der Waals surface area contributed by atoms with Crippen LogP contribution in [0.15, 0.2) is 41.3 Å². The van der Waals surface area contributed by atoms with Gasteiger partial charge in [0.1, 0.15) is 0 Å². The molecule has 7 nitrogen and oxygen atoms in total. The molecule has 1 aliphatic carbocycles. The zero-order valence-electron chi connectivity index (χ0n) is 16.8. The summed E-state index contributed by atoms with van der Waals surface area (Å²) in [6.45, 7) is -1.14. The fourth-order valence-electron chi connectivity index (χ4n) is 2.92. The molecule has 31 heavy (non-hydrogen) atoms. The van der Waals surface area contributed by atoms with Crippen molar-refractivity contribution in [2.75, 3.05) is 13.2 Å². The van der Waals surface area contributed by atoms with Crippen molar-refractivity contribution in [1.29, 1.82) is 0 Å². The Morgan fingerprint density at radius 1 is 1.19 bits per heavy atom. The second-order valence-electron chi connectivity index (χ2n) is 7.35. The smallest absolute Gasteiger partial charge is 0.387 e. The highest BCUT2D eigenvalue weighted by molar-refractivity contribution is 7.89. The number of aryl methyl sites for hydroxylation is 1. The third-order valence-electron chi connectivity index (χ3n) is 4.81. The van der Waals surface area contributed by atoms with E-state index >= 15 is 0 Å². The Bertz CT molecular complexity index is 1040. The average Bonchev–Trinajstić information content (AvgIpc) is 3.51. The van der Waals surface area contributed by atoms with Crippen molar-refractivity contribution in [2.24, 2.45) is 5.92 Å². The maximum absolute atomic E-state index is 12.8. The van der Waals surface area contributed by atoms with Gasteiger partial charge in [-0.2, -0.15) is 8.78 Å². The number of hydrogen-bond donors (Lipinski definition) is 2. The quantitative estimate of drug-likeness (QED) is 0.537. The second kappa shape index (κ2) is 9.61. The highest BCUT2D eigenvalue weighted by Gasteiger charge is 2.25. The van der Waals surface area contributed by atoms with Gasteiger partial charge in [-0.1, -0.05) is 17.7 Å². The largest absolute Gasteiger partial charge is 0.489 e. The minimum atomic E-state index is -3.80.